The van der Waals surface area contributed by atoms with Crippen molar-refractivity contribution in [3.05, 3.63) is 24.3 Å². The van der Waals surface area contributed by atoms with Crippen LogP contribution in [0.1, 0.15) is 0 Å². The zero-order valence-corrected chi connectivity index (χ0v) is 13.3. The van der Waals surface area contributed by atoms with Crippen molar-refractivity contribution in [3.8, 4) is 5.75 Å². The summed E-state index contributed by atoms with van der Waals surface area (Å²) in [6, 6.07) is 8.70. The monoisotopic (exact) mass is 293 g/mol. The van der Waals surface area contributed by atoms with Crippen LogP contribution < -0.4 is 15.0 Å². The number of hydrogen-bond donors (Lipinski definition) is 1. The first kappa shape index (κ1) is 16.1. The van der Waals surface area contributed by atoms with Gasteiger partial charge >= 0.3 is 0 Å². The highest BCUT2D eigenvalue weighted by atomic mass is 16.5. The Morgan fingerprint density at radius 2 is 1.95 bits per heavy atom. The summed E-state index contributed by atoms with van der Waals surface area (Å²) < 4.78 is 10.5. The van der Waals surface area contributed by atoms with Gasteiger partial charge in [0.1, 0.15) is 5.75 Å². The second-order valence-electron chi connectivity index (χ2n) is 5.43. The Kier molecular flexibility index (Phi) is 6.29. The molecule has 1 aromatic rings. The number of anilines is 1. The summed E-state index contributed by atoms with van der Waals surface area (Å²) in [4.78, 5) is 4.92. The van der Waals surface area contributed by atoms with Crippen molar-refractivity contribution >= 4 is 5.69 Å². The van der Waals surface area contributed by atoms with E-state index in [1.54, 1.807) is 14.2 Å². The molecule has 1 aliphatic heterocycles. The van der Waals surface area contributed by atoms with E-state index in [0.29, 0.717) is 6.04 Å². The molecule has 21 heavy (non-hydrogen) atoms. The van der Waals surface area contributed by atoms with Gasteiger partial charge in [-0.05, 0) is 19.2 Å². The fraction of sp³-hybridized carbons (Fsp3) is 0.625. The molecule has 0 amide bonds. The maximum atomic E-state index is 5.30. The van der Waals surface area contributed by atoms with Crippen molar-refractivity contribution in [1.29, 1.82) is 0 Å². The summed E-state index contributed by atoms with van der Waals surface area (Å²) in [7, 11) is 5.46. The Labute approximate surface area is 127 Å². The molecule has 5 nitrogen and oxygen atoms in total. The SMILES string of the molecule is CNC(COC)CN1CCN(c2cccc(OC)c2)CC1. The summed E-state index contributed by atoms with van der Waals surface area (Å²) in [6.45, 7) is 6.06. The van der Waals surface area contributed by atoms with E-state index in [1.165, 1.54) is 5.69 Å². The number of likely N-dealkylation sites (N-methyl/N-ethyl adjacent to an activating group) is 1. The zero-order valence-electron chi connectivity index (χ0n) is 13.3. The van der Waals surface area contributed by atoms with Gasteiger partial charge in [0, 0.05) is 57.6 Å². The molecule has 0 radical (unpaired) electrons. The second-order valence-corrected chi connectivity index (χ2v) is 5.43. The van der Waals surface area contributed by atoms with E-state index >= 15 is 0 Å². The summed E-state index contributed by atoms with van der Waals surface area (Å²) in [5, 5.41) is 3.31. The Bertz CT molecular complexity index is 420. The average molecular weight is 293 g/mol. The molecule has 1 aliphatic rings. The van der Waals surface area contributed by atoms with Gasteiger partial charge in [0.05, 0.1) is 13.7 Å². The van der Waals surface area contributed by atoms with Crippen molar-refractivity contribution in [2.24, 2.45) is 0 Å². The fourth-order valence-electron chi connectivity index (χ4n) is 2.74. The van der Waals surface area contributed by atoms with Gasteiger partial charge in [-0.2, -0.15) is 0 Å². The predicted octanol–water partition coefficient (Wildman–Crippen LogP) is 1.05. The second kappa shape index (κ2) is 8.22. The molecule has 0 saturated carbocycles. The molecule has 0 bridgehead atoms. The van der Waals surface area contributed by atoms with E-state index in [2.05, 4.69) is 33.3 Å². The number of hydrogen-bond acceptors (Lipinski definition) is 5. The van der Waals surface area contributed by atoms with Gasteiger partial charge < -0.3 is 19.7 Å². The van der Waals surface area contributed by atoms with Crippen LogP contribution in [0, 0.1) is 0 Å². The van der Waals surface area contributed by atoms with Crippen molar-refractivity contribution in [2.75, 3.05) is 65.5 Å². The van der Waals surface area contributed by atoms with Crippen molar-refractivity contribution < 1.29 is 9.47 Å². The third-order valence-corrected chi connectivity index (χ3v) is 4.05. The lowest BCUT2D eigenvalue weighted by Gasteiger charge is -2.37. The van der Waals surface area contributed by atoms with Crippen LogP contribution in [0.4, 0.5) is 5.69 Å². The minimum atomic E-state index is 0.401. The molecular weight excluding hydrogens is 266 g/mol. The summed E-state index contributed by atoms with van der Waals surface area (Å²) in [5.74, 6) is 0.922. The normalized spacial score (nSPS) is 17.8. The van der Waals surface area contributed by atoms with Crippen LogP contribution in [0.15, 0.2) is 24.3 Å². The first-order valence-electron chi connectivity index (χ1n) is 7.54. The highest BCUT2D eigenvalue weighted by Gasteiger charge is 2.19. The molecule has 1 saturated heterocycles. The van der Waals surface area contributed by atoms with E-state index in [0.717, 1.165) is 45.1 Å². The van der Waals surface area contributed by atoms with Crippen molar-refractivity contribution in [1.82, 2.24) is 10.2 Å². The van der Waals surface area contributed by atoms with E-state index in [1.807, 2.05) is 13.1 Å². The lowest BCUT2D eigenvalue weighted by Crippen LogP contribution is -2.51. The van der Waals surface area contributed by atoms with E-state index in [9.17, 15) is 0 Å². The van der Waals surface area contributed by atoms with Gasteiger partial charge in [0.15, 0.2) is 0 Å². The van der Waals surface area contributed by atoms with Crippen molar-refractivity contribution in [2.45, 2.75) is 6.04 Å². The molecule has 1 heterocycles. The van der Waals surface area contributed by atoms with Gasteiger partial charge in [-0.25, -0.2) is 0 Å². The zero-order chi connectivity index (χ0) is 15.1. The van der Waals surface area contributed by atoms with Crippen LogP contribution in [-0.2, 0) is 4.74 Å². The fourth-order valence-corrected chi connectivity index (χ4v) is 2.74. The molecule has 5 heteroatoms. The third-order valence-electron chi connectivity index (χ3n) is 4.05. The summed E-state index contributed by atoms with van der Waals surface area (Å²) in [5.41, 5.74) is 1.25. The Hall–Kier alpha value is -1.30. The first-order chi connectivity index (χ1) is 10.3. The van der Waals surface area contributed by atoms with E-state index in [-0.39, 0.29) is 0 Å². The quantitative estimate of drug-likeness (QED) is 0.813. The minimum absolute atomic E-state index is 0.401. The molecule has 1 fully saturated rings. The maximum absolute atomic E-state index is 5.30. The number of nitrogens with one attached hydrogen (secondary N) is 1. The molecule has 1 N–H and O–H groups in total. The molecule has 0 aliphatic carbocycles. The molecule has 0 spiro atoms. The maximum Gasteiger partial charge on any atom is 0.120 e. The lowest BCUT2D eigenvalue weighted by atomic mass is 10.2. The molecule has 1 aromatic carbocycles. The Morgan fingerprint density at radius 3 is 2.57 bits per heavy atom. The van der Waals surface area contributed by atoms with Crippen LogP contribution in [-0.4, -0.2) is 71.5 Å². The van der Waals surface area contributed by atoms with Gasteiger partial charge in [-0.3, -0.25) is 4.90 Å². The van der Waals surface area contributed by atoms with Gasteiger partial charge in [-0.15, -0.1) is 0 Å². The summed E-state index contributed by atoms with van der Waals surface area (Å²) in [6.07, 6.45) is 0. The highest BCUT2D eigenvalue weighted by Crippen LogP contribution is 2.22. The van der Waals surface area contributed by atoms with E-state index in [4.69, 9.17) is 9.47 Å². The van der Waals surface area contributed by atoms with Gasteiger partial charge in [-0.1, -0.05) is 6.07 Å². The van der Waals surface area contributed by atoms with Crippen LogP contribution in [0.5, 0.6) is 5.75 Å². The van der Waals surface area contributed by atoms with Gasteiger partial charge in [0.2, 0.25) is 0 Å². The molecule has 1 atom stereocenters. The van der Waals surface area contributed by atoms with E-state index < -0.39 is 0 Å². The van der Waals surface area contributed by atoms with Crippen LogP contribution >= 0.6 is 0 Å². The van der Waals surface area contributed by atoms with Crippen LogP contribution in [0.25, 0.3) is 0 Å². The smallest absolute Gasteiger partial charge is 0.120 e. The third kappa shape index (κ3) is 4.59. The largest absolute Gasteiger partial charge is 0.497 e. The number of ether oxygens (including phenoxy) is 2. The van der Waals surface area contributed by atoms with Crippen LogP contribution in [0.2, 0.25) is 0 Å². The van der Waals surface area contributed by atoms with Crippen LogP contribution in [0.3, 0.4) is 0 Å². The standard InChI is InChI=1S/C16H27N3O2/c1-17-14(13-20-2)12-18-7-9-19(10-8-18)15-5-4-6-16(11-15)21-3/h4-6,11,14,17H,7-10,12-13H2,1-3H3. The minimum Gasteiger partial charge on any atom is -0.497 e. The molecular formula is C16H27N3O2. The van der Waals surface area contributed by atoms with Gasteiger partial charge in [0.25, 0.3) is 0 Å². The number of rotatable bonds is 7. The number of piperazine rings is 1. The molecule has 1 unspecified atom stereocenters. The predicted molar refractivity (Wildman–Crippen MR) is 86.4 cm³/mol. The first-order valence-corrected chi connectivity index (χ1v) is 7.54. The van der Waals surface area contributed by atoms with Crippen molar-refractivity contribution in [3.63, 3.8) is 0 Å². The molecule has 118 valence electrons. The number of methoxy groups -OCH3 is 2. The lowest BCUT2D eigenvalue weighted by molar-refractivity contribution is 0.138. The Balaban J connectivity index is 1.85. The number of nitrogens with zero attached hydrogens (tertiary/aromatic N) is 2. The average Bonchev–Trinajstić information content (AvgIpc) is 2.55. The topological polar surface area (TPSA) is 37.0 Å². The molecule has 2 rings (SSSR count). The highest BCUT2D eigenvalue weighted by molar-refractivity contribution is 5.51. The number of benzene rings is 1. The Morgan fingerprint density at radius 1 is 1.19 bits per heavy atom. The summed E-state index contributed by atoms with van der Waals surface area (Å²) >= 11 is 0. The molecule has 0 aromatic heterocycles.